The normalized spacial score (nSPS) is 18.5. The Bertz CT molecular complexity index is 1960. The van der Waals surface area contributed by atoms with Crippen LogP contribution in [-0.2, 0) is 36.7 Å². The van der Waals surface area contributed by atoms with Gasteiger partial charge in [-0.1, -0.05) is 47.4 Å². The number of esters is 1. The van der Waals surface area contributed by atoms with Crippen LogP contribution in [0.15, 0.2) is 40.4 Å². The molecule has 1 fully saturated rings. The van der Waals surface area contributed by atoms with E-state index in [9.17, 15) is 4.79 Å². The van der Waals surface area contributed by atoms with E-state index in [4.69, 9.17) is 38.7 Å². The second-order valence-electron chi connectivity index (χ2n) is 17.4. The van der Waals surface area contributed by atoms with Crippen molar-refractivity contribution in [2.24, 2.45) is 21.3 Å². The number of aromatic nitrogens is 2. The number of aryl methyl sites for hydroxylation is 1. The first-order valence-electron chi connectivity index (χ1n) is 22.5. The van der Waals surface area contributed by atoms with Crippen molar-refractivity contribution in [3.05, 3.63) is 41.7 Å². The molecule has 4 heterocycles. The fourth-order valence-corrected chi connectivity index (χ4v) is 8.77. The summed E-state index contributed by atoms with van der Waals surface area (Å²) < 4.78 is 35.7. The van der Waals surface area contributed by atoms with E-state index in [2.05, 4.69) is 105 Å². The van der Waals surface area contributed by atoms with Crippen molar-refractivity contribution in [2.45, 2.75) is 126 Å². The zero-order chi connectivity index (χ0) is 44.3. The van der Waals surface area contributed by atoms with Crippen molar-refractivity contribution in [3.63, 3.8) is 0 Å². The summed E-state index contributed by atoms with van der Waals surface area (Å²) in [6.07, 6.45) is 5.06. The summed E-state index contributed by atoms with van der Waals surface area (Å²) in [6.45, 7) is 28.1. The van der Waals surface area contributed by atoms with Gasteiger partial charge in [-0.15, -0.1) is 0 Å². The molecule has 1 N–H and O–H groups in total. The van der Waals surface area contributed by atoms with Crippen LogP contribution >= 0.6 is 12.8 Å². The summed E-state index contributed by atoms with van der Waals surface area (Å²) in [5.41, 5.74) is 6.08. The van der Waals surface area contributed by atoms with E-state index in [1.54, 1.807) is 7.11 Å². The SMILES string of the molecule is CCCN1CCN(c2cnc(C(C)OC)c(-c3c(CC(C)(C)COC(C)=O)c4cc(OCCC[C@H](NS)C5N=C(OCC)[C@@H](C(C)C)N=C5OCC)ccc4n3CC)c2)CC1. The molecule has 5 rings (SSSR count). The highest BCUT2D eigenvalue weighted by Crippen LogP contribution is 2.43. The Morgan fingerprint density at radius 2 is 1.66 bits per heavy atom. The number of carbonyl (C=O) groups is 1. The molecule has 61 heavy (non-hydrogen) atoms. The van der Waals surface area contributed by atoms with Gasteiger partial charge < -0.3 is 33.2 Å². The third-order valence-corrected chi connectivity index (χ3v) is 12.0. The average molecular weight is 864 g/mol. The van der Waals surface area contributed by atoms with Crippen molar-refractivity contribution in [2.75, 3.05) is 71.2 Å². The van der Waals surface area contributed by atoms with Gasteiger partial charge in [-0.3, -0.25) is 19.4 Å². The van der Waals surface area contributed by atoms with E-state index < -0.39 is 0 Å². The molecule has 2 aromatic heterocycles. The number of hydrogen-bond acceptors (Lipinski definition) is 13. The van der Waals surface area contributed by atoms with Gasteiger partial charge in [0.05, 0.1) is 55.8 Å². The second kappa shape index (κ2) is 22.5. The molecule has 338 valence electrons. The molecule has 2 unspecified atom stereocenters. The van der Waals surface area contributed by atoms with E-state index in [1.807, 2.05) is 20.0 Å². The highest BCUT2D eigenvalue weighted by atomic mass is 32.1. The number of nitrogens with zero attached hydrogens (tertiary/aromatic N) is 6. The van der Waals surface area contributed by atoms with Crippen molar-refractivity contribution in [1.82, 2.24) is 19.2 Å². The second-order valence-corrected chi connectivity index (χ2v) is 17.6. The van der Waals surface area contributed by atoms with E-state index in [0.29, 0.717) is 44.6 Å². The Kier molecular flexibility index (Phi) is 17.8. The van der Waals surface area contributed by atoms with Crippen LogP contribution in [0.4, 0.5) is 5.69 Å². The Labute approximate surface area is 370 Å². The number of carbonyl (C=O) groups excluding carboxylic acids is 1. The quantitative estimate of drug-likeness (QED) is 0.0614. The molecule has 4 atom stereocenters. The molecule has 2 aliphatic heterocycles. The van der Waals surface area contributed by atoms with E-state index in [1.165, 1.54) is 6.92 Å². The third kappa shape index (κ3) is 12.0. The number of methoxy groups -OCH3 is 1. The molecule has 2 aliphatic rings. The molecule has 13 nitrogen and oxygen atoms in total. The molecule has 0 aliphatic carbocycles. The minimum absolute atomic E-state index is 0.149. The number of anilines is 1. The first-order chi connectivity index (χ1) is 29.3. The molecule has 14 heteroatoms. The molecular weight excluding hydrogens is 791 g/mol. The van der Waals surface area contributed by atoms with Crippen LogP contribution in [0.1, 0.15) is 106 Å². The van der Waals surface area contributed by atoms with Crippen molar-refractivity contribution in [1.29, 1.82) is 0 Å². The Morgan fingerprint density at radius 1 is 0.967 bits per heavy atom. The van der Waals surface area contributed by atoms with Gasteiger partial charge in [-0.2, -0.15) is 0 Å². The maximum atomic E-state index is 12.0. The zero-order valence-corrected chi connectivity index (χ0v) is 39.6. The lowest BCUT2D eigenvalue weighted by Crippen LogP contribution is -2.47. The molecule has 0 saturated carbocycles. The lowest BCUT2D eigenvalue weighted by atomic mass is 9.84. The van der Waals surface area contributed by atoms with Gasteiger partial charge in [0.2, 0.25) is 11.8 Å². The Hall–Kier alpha value is -3.85. The maximum Gasteiger partial charge on any atom is 0.302 e. The largest absolute Gasteiger partial charge is 0.494 e. The Morgan fingerprint density at radius 3 is 2.26 bits per heavy atom. The van der Waals surface area contributed by atoms with Crippen LogP contribution in [0.3, 0.4) is 0 Å². The predicted octanol–water partition coefficient (Wildman–Crippen LogP) is 8.33. The van der Waals surface area contributed by atoms with Gasteiger partial charge in [0.1, 0.15) is 17.8 Å². The summed E-state index contributed by atoms with van der Waals surface area (Å²) in [4.78, 5) is 32.2. The van der Waals surface area contributed by atoms with Crippen molar-refractivity contribution >= 4 is 47.2 Å². The average Bonchev–Trinajstić information content (AvgIpc) is 3.54. The topological polar surface area (TPSA) is 124 Å². The van der Waals surface area contributed by atoms with Crippen molar-refractivity contribution in [3.8, 4) is 17.0 Å². The number of pyridine rings is 1. The molecule has 0 bridgehead atoms. The van der Waals surface area contributed by atoms with Crippen LogP contribution in [0, 0.1) is 11.3 Å². The lowest BCUT2D eigenvalue weighted by Gasteiger charge is -2.36. The van der Waals surface area contributed by atoms with Gasteiger partial charge >= 0.3 is 5.97 Å². The molecule has 1 aromatic carbocycles. The highest BCUT2D eigenvalue weighted by molar-refractivity contribution is 7.78. The van der Waals surface area contributed by atoms with Gasteiger partial charge in [0.15, 0.2) is 0 Å². The number of thiol groups is 1. The first-order valence-corrected chi connectivity index (χ1v) is 23.0. The van der Waals surface area contributed by atoms with Crippen LogP contribution in [0.2, 0.25) is 0 Å². The summed E-state index contributed by atoms with van der Waals surface area (Å²) in [5.74, 6) is 1.98. The monoisotopic (exact) mass is 864 g/mol. The predicted molar refractivity (Wildman–Crippen MR) is 251 cm³/mol. The van der Waals surface area contributed by atoms with Crippen LogP contribution in [0.5, 0.6) is 5.75 Å². The summed E-state index contributed by atoms with van der Waals surface area (Å²) in [6, 6.07) is 8.03. The van der Waals surface area contributed by atoms with Crippen LogP contribution < -0.4 is 14.4 Å². The molecule has 0 amide bonds. The number of ether oxygens (including phenoxy) is 5. The number of rotatable bonds is 21. The van der Waals surface area contributed by atoms with Gasteiger partial charge in [-0.25, -0.2) is 9.98 Å². The standard InChI is InChI=1S/C47H73N7O6S/c1-12-20-52-21-23-53(24-22-52)34-26-37(42(48-29-34)32(7)56-11)44-38(28-47(9,10)30-60-33(8)55)36-27-35(18-19-40(36)54(44)13-2)59-25-16-17-39(51-61)43-46(58-15-4)49-41(31(5)6)45(50-43)57-14-3/h18-19,26-27,29,31-32,39,41,43,51,61H,12-17,20-25,28,30H2,1-11H3/t32?,39-,41+,43?/m0/s1. The van der Waals surface area contributed by atoms with E-state index >= 15 is 0 Å². The number of nitrogens with one attached hydrogen (secondary N) is 1. The lowest BCUT2D eigenvalue weighted by molar-refractivity contribution is -0.143. The third-order valence-electron chi connectivity index (χ3n) is 11.7. The summed E-state index contributed by atoms with van der Waals surface area (Å²) in [5, 5.41) is 1.10. The number of fused-ring (bicyclic) bond motifs is 1. The molecule has 1 saturated heterocycles. The molecular formula is C47H73N7O6S. The number of aliphatic imine (C=N–C) groups is 2. The maximum absolute atomic E-state index is 12.0. The zero-order valence-electron chi connectivity index (χ0n) is 38.8. The fourth-order valence-electron chi connectivity index (χ4n) is 8.50. The first kappa shape index (κ1) is 48.2. The van der Waals surface area contributed by atoms with Gasteiger partial charge in [0.25, 0.3) is 0 Å². The molecule has 0 spiro atoms. The summed E-state index contributed by atoms with van der Waals surface area (Å²) >= 11 is 4.53. The summed E-state index contributed by atoms with van der Waals surface area (Å²) in [7, 11) is 1.74. The molecule has 3 aromatic rings. The van der Waals surface area contributed by atoms with Gasteiger partial charge in [0, 0.05) is 74.7 Å². The van der Waals surface area contributed by atoms with Gasteiger partial charge in [-0.05, 0) is 95.7 Å². The number of hydrogen-bond donors (Lipinski definition) is 2. The van der Waals surface area contributed by atoms with Crippen LogP contribution in [-0.4, -0.2) is 117 Å². The Balaban J connectivity index is 1.49. The number of benzene rings is 1. The molecule has 0 radical (unpaired) electrons. The minimum atomic E-state index is -0.366. The highest BCUT2D eigenvalue weighted by Gasteiger charge is 2.36. The van der Waals surface area contributed by atoms with Crippen LogP contribution in [0.25, 0.3) is 22.2 Å². The number of piperazine rings is 1. The smallest absolute Gasteiger partial charge is 0.302 e. The minimum Gasteiger partial charge on any atom is -0.494 e. The fraction of sp³-hybridized carbons (Fsp3) is 0.660. The van der Waals surface area contributed by atoms with Crippen molar-refractivity contribution < 1.29 is 28.5 Å². The van der Waals surface area contributed by atoms with E-state index in [-0.39, 0.29) is 41.5 Å². The van der Waals surface area contributed by atoms with E-state index in [0.717, 1.165) is 103 Å².